The van der Waals surface area contributed by atoms with Gasteiger partial charge in [0.2, 0.25) is 0 Å². The van der Waals surface area contributed by atoms with Crippen molar-refractivity contribution in [2.24, 2.45) is 7.05 Å². The minimum atomic E-state index is -0.151. The maximum Gasteiger partial charge on any atom is 0.272 e. The first kappa shape index (κ1) is 13.9. The highest BCUT2D eigenvalue weighted by Crippen LogP contribution is 2.17. The number of halogens is 1. The van der Waals surface area contributed by atoms with Crippen LogP contribution in [0.3, 0.4) is 0 Å². The zero-order chi connectivity index (χ0) is 14.0. The Balaban J connectivity index is 2.22. The summed E-state index contributed by atoms with van der Waals surface area (Å²) in [7, 11) is 1.84. The molecule has 0 saturated heterocycles. The molecule has 0 aliphatic rings. The number of carbonyl (C=O) groups is 1. The molecule has 4 nitrogen and oxygen atoms in total. The summed E-state index contributed by atoms with van der Waals surface area (Å²) in [5.41, 5.74) is 1.41. The second kappa shape index (κ2) is 5.61. The lowest BCUT2D eigenvalue weighted by atomic mass is 10.1. The Morgan fingerprint density at radius 3 is 2.79 bits per heavy atom. The molecule has 2 aromatic rings. The van der Waals surface area contributed by atoms with E-state index < -0.39 is 0 Å². The van der Waals surface area contributed by atoms with Crippen molar-refractivity contribution in [3.05, 3.63) is 30.0 Å². The molecule has 5 heteroatoms. The van der Waals surface area contributed by atoms with Gasteiger partial charge in [-0.25, -0.2) is 0 Å². The molecule has 19 heavy (non-hydrogen) atoms. The molecule has 1 heterocycles. The van der Waals surface area contributed by atoms with Crippen LogP contribution in [0.5, 0.6) is 0 Å². The summed E-state index contributed by atoms with van der Waals surface area (Å²) in [6.45, 7) is 3.86. The maximum absolute atomic E-state index is 12.2. The largest absolute Gasteiger partial charge is 0.348 e. The quantitative estimate of drug-likeness (QED) is 0.875. The Morgan fingerprint density at radius 2 is 2.11 bits per heavy atom. The van der Waals surface area contributed by atoms with Crippen molar-refractivity contribution < 1.29 is 4.79 Å². The van der Waals surface area contributed by atoms with Gasteiger partial charge in [0.25, 0.3) is 5.91 Å². The molecule has 0 aliphatic heterocycles. The zero-order valence-electron chi connectivity index (χ0n) is 11.4. The van der Waals surface area contributed by atoms with Gasteiger partial charge in [-0.1, -0.05) is 18.2 Å². The van der Waals surface area contributed by atoms with E-state index in [1.807, 2.05) is 45.2 Å². The van der Waals surface area contributed by atoms with Crippen LogP contribution in [0.2, 0.25) is 0 Å². The van der Waals surface area contributed by atoms with Crippen molar-refractivity contribution in [1.29, 1.82) is 0 Å². The standard InChI is InChI=1S/C14H18ClN3O/c1-9(15)8-10(2)16-14(19)13-11-6-4-5-7-12(11)18(3)17-13/h4-7,9-10H,8H2,1-3H3,(H,16,19). The second-order valence-electron chi connectivity index (χ2n) is 4.88. The summed E-state index contributed by atoms with van der Waals surface area (Å²) >= 11 is 5.93. The minimum Gasteiger partial charge on any atom is -0.348 e. The predicted octanol–water partition coefficient (Wildman–Crippen LogP) is 2.71. The summed E-state index contributed by atoms with van der Waals surface area (Å²) in [6.07, 6.45) is 0.734. The van der Waals surface area contributed by atoms with Crippen molar-refractivity contribution in [3.8, 4) is 0 Å². The smallest absolute Gasteiger partial charge is 0.272 e. The molecule has 1 amide bonds. The fourth-order valence-corrected chi connectivity index (χ4v) is 2.49. The van der Waals surface area contributed by atoms with Crippen LogP contribution in [0.15, 0.2) is 24.3 Å². The number of nitrogens with zero attached hydrogens (tertiary/aromatic N) is 2. The molecule has 102 valence electrons. The van der Waals surface area contributed by atoms with E-state index in [4.69, 9.17) is 11.6 Å². The number of amides is 1. The molecule has 0 saturated carbocycles. The molecule has 2 unspecified atom stereocenters. The summed E-state index contributed by atoms with van der Waals surface area (Å²) in [6, 6.07) is 7.73. The van der Waals surface area contributed by atoms with Gasteiger partial charge in [0.15, 0.2) is 5.69 Å². The highest BCUT2D eigenvalue weighted by atomic mass is 35.5. The monoisotopic (exact) mass is 279 g/mol. The number of para-hydroxylation sites is 1. The van der Waals surface area contributed by atoms with E-state index in [-0.39, 0.29) is 17.3 Å². The van der Waals surface area contributed by atoms with Crippen LogP contribution in [0.4, 0.5) is 0 Å². The number of hydrogen-bond acceptors (Lipinski definition) is 2. The molecule has 0 fully saturated rings. The first-order valence-electron chi connectivity index (χ1n) is 6.35. The van der Waals surface area contributed by atoms with E-state index in [9.17, 15) is 4.79 Å². The fraction of sp³-hybridized carbons (Fsp3) is 0.429. The van der Waals surface area contributed by atoms with Gasteiger partial charge in [0.05, 0.1) is 5.52 Å². The first-order valence-corrected chi connectivity index (χ1v) is 6.79. The fourth-order valence-electron chi connectivity index (χ4n) is 2.22. The zero-order valence-corrected chi connectivity index (χ0v) is 12.1. The Bertz CT molecular complexity index is 591. The van der Waals surface area contributed by atoms with Crippen molar-refractivity contribution in [2.75, 3.05) is 0 Å². The van der Waals surface area contributed by atoms with Crippen molar-refractivity contribution in [2.45, 2.75) is 31.7 Å². The van der Waals surface area contributed by atoms with E-state index in [0.29, 0.717) is 5.69 Å². The molecule has 1 aromatic carbocycles. The van der Waals surface area contributed by atoms with E-state index in [2.05, 4.69) is 10.4 Å². The third kappa shape index (κ3) is 3.07. The molecule has 0 radical (unpaired) electrons. The van der Waals surface area contributed by atoms with E-state index in [0.717, 1.165) is 17.3 Å². The third-order valence-electron chi connectivity index (χ3n) is 3.03. The molecule has 0 spiro atoms. The van der Waals surface area contributed by atoms with Gasteiger partial charge in [-0.3, -0.25) is 9.48 Å². The van der Waals surface area contributed by atoms with Crippen molar-refractivity contribution in [1.82, 2.24) is 15.1 Å². The SMILES string of the molecule is CC(Cl)CC(C)NC(=O)c1nn(C)c2ccccc12. The molecule has 2 rings (SSSR count). The lowest BCUT2D eigenvalue weighted by Crippen LogP contribution is -2.34. The Hall–Kier alpha value is -1.55. The second-order valence-corrected chi connectivity index (χ2v) is 5.63. The summed E-state index contributed by atoms with van der Waals surface area (Å²) in [4.78, 5) is 12.2. The maximum atomic E-state index is 12.2. The van der Waals surface area contributed by atoms with Gasteiger partial charge in [0.1, 0.15) is 0 Å². The number of aryl methyl sites for hydroxylation is 1. The van der Waals surface area contributed by atoms with E-state index >= 15 is 0 Å². The number of alkyl halides is 1. The van der Waals surface area contributed by atoms with Gasteiger partial charge in [-0.05, 0) is 26.3 Å². The van der Waals surface area contributed by atoms with Crippen LogP contribution >= 0.6 is 11.6 Å². The normalized spacial score (nSPS) is 14.3. The van der Waals surface area contributed by atoms with Crippen LogP contribution in [0, 0.1) is 0 Å². The number of nitrogens with one attached hydrogen (secondary N) is 1. The highest BCUT2D eigenvalue weighted by molar-refractivity contribution is 6.20. The van der Waals surface area contributed by atoms with Gasteiger partial charge >= 0.3 is 0 Å². The van der Waals surface area contributed by atoms with Crippen LogP contribution < -0.4 is 5.32 Å². The molecular formula is C14H18ClN3O. The lowest BCUT2D eigenvalue weighted by molar-refractivity contribution is 0.0934. The molecule has 0 bridgehead atoms. The van der Waals surface area contributed by atoms with Crippen molar-refractivity contribution >= 4 is 28.4 Å². The Morgan fingerprint density at radius 1 is 1.42 bits per heavy atom. The Kier molecular flexibility index (Phi) is 4.10. The number of hydrogen-bond donors (Lipinski definition) is 1. The average Bonchev–Trinajstić information content (AvgIpc) is 2.66. The van der Waals surface area contributed by atoms with Gasteiger partial charge in [-0.2, -0.15) is 5.10 Å². The Labute approximate surface area is 117 Å². The molecular weight excluding hydrogens is 262 g/mol. The number of carbonyl (C=O) groups excluding carboxylic acids is 1. The average molecular weight is 280 g/mol. The molecule has 0 aliphatic carbocycles. The third-order valence-corrected chi connectivity index (χ3v) is 3.21. The van der Waals surface area contributed by atoms with Crippen LogP contribution in [0.25, 0.3) is 10.9 Å². The van der Waals surface area contributed by atoms with Gasteiger partial charge in [-0.15, -0.1) is 11.6 Å². The number of aromatic nitrogens is 2. The number of rotatable bonds is 4. The first-order chi connectivity index (χ1) is 8.99. The topological polar surface area (TPSA) is 46.9 Å². The highest BCUT2D eigenvalue weighted by Gasteiger charge is 2.17. The predicted molar refractivity (Wildman–Crippen MR) is 77.6 cm³/mol. The molecule has 1 N–H and O–H groups in total. The van der Waals surface area contributed by atoms with Crippen molar-refractivity contribution in [3.63, 3.8) is 0 Å². The summed E-state index contributed by atoms with van der Waals surface area (Å²) in [5, 5.41) is 8.13. The van der Waals surface area contributed by atoms with E-state index in [1.165, 1.54) is 0 Å². The summed E-state index contributed by atoms with van der Waals surface area (Å²) < 4.78 is 1.72. The number of fused-ring (bicyclic) bond motifs is 1. The van der Waals surface area contributed by atoms with E-state index in [1.54, 1.807) is 4.68 Å². The van der Waals surface area contributed by atoms with Crippen LogP contribution in [-0.4, -0.2) is 27.1 Å². The minimum absolute atomic E-state index is 0.0285. The molecule has 2 atom stereocenters. The van der Waals surface area contributed by atoms with Gasteiger partial charge in [0, 0.05) is 23.9 Å². The number of benzene rings is 1. The molecule has 1 aromatic heterocycles. The van der Waals surface area contributed by atoms with Gasteiger partial charge < -0.3 is 5.32 Å². The van der Waals surface area contributed by atoms with Crippen LogP contribution in [0.1, 0.15) is 30.8 Å². The summed E-state index contributed by atoms with van der Waals surface area (Å²) in [5.74, 6) is -0.151. The lowest BCUT2D eigenvalue weighted by Gasteiger charge is -2.14. The van der Waals surface area contributed by atoms with Crippen LogP contribution in [-0.2, 0) is 7.05 Å².